The molecule has 3 aromatic rings. The number of pyridine rings is 1. The van der Waals surface area contributed by atoms with Gasteiger partial charge in [0.1, 0.15) is 12.3 Å². The molecule has 0 aromatic carbocycles. The summed E-state index contributed by atoms with van der Waals surface area (Å²) < 4.78 is 44.4. The first-order chi connectivity index (χ1) is 16.2. The third kappa shape index (κ3) is 5.29. The highest BCUT2D eigenvalue weighted by atomic mass is 19.4. The lowest BCUT2D eigenvalue weighted by atomic mass is 9.93. The Balaban J connectivity index is 1.59. The molecule has 0 aliphatic carbocycles. The van der Waals surface area contributed by atoms with Crippen molar-refractivity contribution in [3.05, 3.63) is 59.9 Å². The summed E-state index contributed by atoms with van der Waals surface area (Å²) in [6.07, 6.45) is 1.04. The van der Waals surface area contributed by atoms with Crippen molar-refractivity contribution in [3.63, 3.8) is 0 Å². The topological polar surface area (TPSA) is 94.0 Å². The van der Waals surface area contributed by atoms with Gasteiger partial charge in [0.25, 0.3) is 5.91 Å². The summed E-state index contributed by atoms with van der Waals surface area (Å²) in [7, 11) is 0. The summed E-state index contributed by atoms with van der Waals surface area (Å²) in [6.45, 7) is 4.25. The van der Waals surface area contributed by atoms with Crippen LogP contribution in [0.4, 0.5) is 13.2 Å². The summed E-state index contributed by atoms with van der Waals surface area (Å²) >= 11 is 0. The first-order valence-corrected chi connectivity index (χ1v) is 10.8. The number of likely N-dealkylation sites (tertiary alicyclic amines) is 1. The molecular formula is C23H23F3N6O2. The highest BCUT2D eigenvalue weighted by Crippen LogP contribution is 2.29. The number of aryl methyl sites for hydroxylation is 1. The van der Waals surface area contributed by atoms with Crippen LogP contribution in [0.25, 0.3) is 11.4 Å². The van der Waals surface area contributed by atoms with E-state index >= 15 is 0 Å². The van der Waals surface area contributed by atoms with Crippen molar-refractivity contribution in [2.24, 2.45) is 5.92 Å². The van der Waals surface area contributed by atoms with Crippen molar-refractivity contribution in [2.75, 3.05) is 13.2 Å². The van der Waals surface area contributed by atoms with Gasteiger partial charge in [0.05, 0.1) is 11.6 Å². The molecule has 34 heavy (non-hydrogen) atoms. The van der Waals surface area contributed by atoms with Gasteiger partial charge in [-0.25, -0.2) is 19.9 Å². The predicted molar refractivity (Wildman–Crippen MR) is 116 cm³/mol. The fourth-order valence-electron chi connectivity index (χ4n) is 3.84. The van der Waals surface area contributed by atoms with Gasteiger partial charge in [-0.05, 0) is 49.9 Å². The largest absolute Gasteiger partial charge is 0.461 e. The minimum Gasteiger partial charge on any atom is -0.461 e. The Morgan fingerprint density at radius 3 is 2.59 bits per heavy atom. The molecule has 11 heteroatoms. The number of amides is 1. The highest BCUT2D eigenvalue weighted by molar-refractivity contribution is 5.98. The van der Waals surface area contributed by atoms with Gasteiger partial charge in [0.15, 0.2) is 11.5 Å². The van der Waals surface area contributed by atoms with E-state index in [0.29, 0.717) is 30.0 Å². The molecule has 0 bridgehead atoms. The zero-order valence-corrected chi connectivity index (χ0v) is 18.7. The first kappa shape index (κ1) is 23.5. The molecule has 2 unspecified atom stereocenters. The van der Waals surface area contributed by atoms with Crippen LogP contribution < -0.4 is 4.74 Å². The van der Waals surface area contributed by atoms with Gasteiger partial charge in [-0.1, -0.05) is 6.92 Å². The maximum absolute atomic E-state index is 13.7. The monoisotopic (exact) mass is 472 g/mol. The standard InChI is InChI=1S/C23H23F3N6O2/c1-14-4-6-16(13-34-22-29-11-8-18(31-22)23(24,25)26)32(12-14)21(33)19-17(7-5-15(2)30-19)20-27-9-3-10-28-20/h3,5,7-11,14,16H,4,6,12-13H2,1-2H3. The molecule has 4 heterocycles. The van der Waals surface area contributed by atoms with E-state index in [2.05, 4.69) is 24.9 Å². The second kappa shape index (κ2) is 9.70. The summed E-state index contributed by atoms with van der Waals surface area (Å²) in [5.74, 6) is 0.316. The number of rotatable bonds is 5. The van der Waals surface area contributed by atoms with Gasteiger partial charge in [-0.15, -0.1) is 0 Å². The quantitative estimate of drug-likeness (QED) is 0.555. The Labute approximate surface area is 194 Å². The molecule has 1 fully saturated rings. The Morgan fingerprint density at radius 2 is 1.85 bits per heavy atom. The molecule has 1 aliphatic rings. The lowest BCUT2D eigenvalue weighted by Gasteiger charge is -2.38. The molecule has 1 aliphatic heterocycles. The Hall–Kier alpha value is -3.63. The van der Waals surface area contributed by atoms with E-state index in [1.165, 1.54) is 0 Å². The van der Waals surface area contributed by atoms with E-state index in [1.54, 1.807) is 42.4 Å². The van der Waals surface area contributed by atoms with Crippen LogP contribution in [-0.2, 0) is 6.18 Å². The average molecular weight is 472 g/mol. The fraction of sp³-hybridized carbons (Fsp3) is 0.391. The summed E-state index contributed by atoms with van der Waals surface area (Å²) in [4.78, 5) is 35.5. The molecule has 4 rings (SSSR count). The maximum atomic E-state index is 13.7. The first-order valence-electron chi connectivity index (χ1n) is 10.8. The summed E-state index contributed by atoms with van der Waals surface area (Å²) in [5, 5.41) is 0. The molecule has 3 aromatic heterocycles. The normalized spacial score (nSPS) is 18.6. The zero-order chi connectivity index (χ0) is 24.3. The van der Waals surface area contributed by atoms with Crippen LogP contribution in [0, 0.1) is 12.8 Å². The van der Waals surface area contributed by atoms with Crippen LogP contribution >= 0.6 is 0 Å². The number of piperidine rings is 1. The number of alkyl halides is 3. The number of hydrogen-bond acceptors (Lipinski definition) is 7. The van der Waals surface area contributed by atoms with Crippen molar-refractivity contribution < 1.29 is 22.7 Å². The van der Waals surface area contributed by atoms with E-state index in [-0.39, 0.29) is 36.2 Å². The Kier molecular flexibility index (Phi) is 6.71. The molecule has 0 N–H and O–H groups in total. The lowest BCUT2D eigenvalue weighted by Crippen LogP contribution is -2.49. The lowest BCUT2D eigenvalue weighted by molar-refractivity contribution is -0.141. The van der Waals surface area contributed by atoms with Crippen LogP contribution in [0.15, 0.2) is 42.9 Å². The molecule has 0 saturated carbocycles. The van der Waals surface area contributed by atoms with Crippen molar-refractivity contribution in [3.8, 4) is 17.4 Å². The van der Waals surface area contributed by atoms with E-state index in [0.717, 1.165) is 18.7 Å². The van der Waals surface area contributed by atoms with Crippen LogP contribution in [0.2, 0.25) is 0 Å². The molecule has 178 valence electrons. The van der Waals surface area contributed by atoms with Crippen molar-refractivity contribution >= 4 is 5.91 Å². The van der Waals surface area contributed by atoms with Gasteiger partial charge in [-0.3, -0.25) is 4.79 Å². The van der Waals surface area contributed by atoms with E-state index in [9.17, 15) is 18.0 Å². The van der Waals surface area contributed by atoms with E-state index in [1.807, 2.05) is 6.92 Å². The number of ether oxygens (including phenoxy) is 1. The third-order valence-electron chi connectivity index (χ3n) is 5.58. The van der Waals surface area contributed by atoms with Crippen molar-refractivity contribution in [2.45, 2.75) is 38.9 Å². The minimum absolute atomic E-state index is 0.0389. The van der Waals surface area contributed by atoms with Crippen LogP contribution in [-0.4, -0.2) is 54.9 Å². The number of aromatic nitrogens is 5. The molecule has 2 atom stereocenters. The smallest absolute Gasteiger partial charge is 0.433 e. The second-order valence-electron chi connectivity index (χ2n) is 8.25. The zero-order valence-electron chi connectivity index (χ0n) is 18.7. The molecule has 0 radical (unpaired) electrons. The van der Waals surface area contributed by atoms with Gasteiger partial charge in [0.2, 0.25) is 0 Å². The van der Waals surface area contributed by atoms with Gasteiger partial charge >= 0.3 is 12.2 Å². The summed E-state index contributed by atoms with van der Waals surface area (Å²) in [6, 6.07) is 5.25. The molecular weight excluding hydrogens is 449 g/mol. The van der Waals surface area contributed by atoms with Crippen molar-refractivity contribution in [1.29, 1.82) is 0 Å². The molecule has 0 spiro atoms. The maximum Gasteiger partial charge on any atom is 0.433 e. The Morgan fingerprint density at radius 1 is 1.09 bits per heavy atom. The minimum atomic E-state index is -4.60. The van der Waals surface area contributed by atoms with Gasteiger partial charge in [-0.2, -0.15) is 18.2 Å². The molecule has 8 nitrogen and oxygen atoms in total. The fourth-order valence-corrected chi connectivity index (χ4v) is 3.84. The predicted octanol–water partition coefficient (Wildman–Crippen LogP) is 3.98. The molecule has 1 amide bonds. The van der Waals surface area contributed by atoms with Gasteiger partial charge in [0, 0.05) is 30.8 Å². The van der Waals surface area contributed by atoms with Crippen LogP contribution in [0.5, 0.6) is 6.01 Å². The number of hydrogen-bond donors (Lipinski definition) is 0. The van der Waals surface area contributed by atoms with E-state index in [4.69, 9.17) is 4.74 Å². The van der Waals surface area contributed by atoms with Crippen molar-refractivity contribution in [1.82, 2.24) is 29.8 Å². The third-order valence-corrected chi connectivity index (χ3v) is 5.58. The SMILES string of the molecule is Cc1ccc(-c2ncccn2)c(C(=O)N2CC(C)CCC2COc2nccc(C(F)(F)F)n2)n1. The summed E-state index contributed by atoms with van der Waals surface area (Å²) in [5.41, 5.74) is 0.313. The van der Waals surface area contributed by atoms with Crippen LogP contribution in [0.3, 0.4) is 0 Å². The van der Waals surface area contributed by atoms with Crippen LogP contribution in [0.1, 0.15) is 41.6 Å². The average Bonchev–Trinajstić information content (AvgIpc) is 2.83. The second-order valence-corrected chi connectivity index (χ2v) is 8.25. The number of halogens is 3. The number of nitrogens with zero attached hydrogens (tertiary/aromatic N) is 6. The Bertz CT molecular complexity index is 1160. The number of carbonyl (C=O) groups is 1. The van der Waals surface area contributed by atoms with Gasteiger partial charge < -0.3 is 9.64 Å². The highest BCUT2D eigenvalue weighted by Gasteiger charge is 2.35. The number of carbonyl (C=O) groups excluding carboxylic acids is 1. The molecule has 1 saturated heterocycles. The van der Waals surface area contributed by atoms with E-state index < -0.39 is 11.9 Å².